The van der Waals surface area contributed by atoms with Crippen LogP contribution in [0.1, 0.15) is 15.9 Å². The van der Waals surface area contributed by atoms with Crippen molar-refractivity contribution in [1.29, 1.82) is 0 Å². The third kappa shape index (κ3) is 2.20. The van der Waals surface area contributed by atoms with Gasteiger partial charge in [0, 0.05) is 12.4 Å². The highest BCUT2D eigenvalue weighted by molar-refractivity contribution is 6.32. The minimum absolute atomic E-state index is 0.266. The number of nitrogens with zero attached hydrogens (tertiary/aromatic N) is 2. The van der Waals surface area contributed by atoms with E-state index < -0.39 is 0 Å². The number of carbonyl (C=O) groups is 1. The van der Waals surface area contributed by atoms with E-state index in [1.165, 1.54) is 12.4 Å². The number of hydrogen-bond acceptors (Lipinski definition) is 3. The van der Waals surface area contributed by atoms with E-state index >= 15 is 0 Å². The fourth-order valence-electron chi connectivity index (χ4n) is 1.21. The van der Waals surface area contributed by atoms with E-state index in [9.17, 15) is 4.79 Å². The molecule has 2 aromatic heterocycles. The van der Waals surface area contributed by atoms with Crippen molar-refractivity contribution in [1.82, 2.24) is 15.2 Å². The van der Waals surface area contributed by atoms with Crippen molar-refractivity contribution in [2.75, 3.05) is 5.32 Å². The van der Waals surface area contributed by atoms with Gasteiger partial charge in [-0.05, 0) is 18.6 Å². The standard InChI is InChI=1S/C10H9ClN4O/c1-6-2-8(9(11)12-3-6)15-10(16)7-4-13-14-5-7/h2-5H,1H3,(H,13,14)(H,15,16). The Bertz CT molecular complexity index is 510. The number of aromatic amines is 1. The number of rotatable bonds is 2. The summed E-state index contributed by atoms with van der Waals surface area (Å²) in [5, 5.41) is 9.18. The minimum Gasteiger partial charge on any atom is -0.319 e. The second-order valence-corrected chi connectivity index (χ2v) is 3.65. The van der Waals surface area contributed by atoms with Crippen molar-refractivity contribution in [2.45, 2.75) is 6.92 Å². The first-order chi connectivity index (χ1) is 7.66. The van der Waals surface area contributed by atoms with Crippen molar-refractivity contribution in [3.05, 3.63) is 40.9 Å². The largest absolute Gasteiger partial charge is 0.319 e. The van der Waals surface area contributed by atoms with Gasteiger partial charge in [-0.25, -0.2) is 4.98 Å². The molecule has 0 atom stereocenters. The average molecular weight is 237 g/mol. The van der Waals surface area contributed by atoms with Crippen LogP contribution in [0.2, 0.25) is 5.15 Å². The first-order valence-electron chi connectivity index (χ1n) is 4.59. The van der Waals surface area contributed by atoms with Crippen LogP contribution in [0.3, 0.4) is 0 Å². The smallest absolute Gasteiger partial charge is 0.258 e. The second-order valence-electron chi connectivity index (χ2n) is 3.29. The molecule has 0 aliphatic heterocycles. The number of amides is 1. The van der Waals surface area contributed by atoms with E-state index in [2.05, 4.69) is 20.5 Å². The van der Waals surface area contributed by atoms with Crippen LogP contribution in [0.25, 0.3) is 0 Å². The van der Waals surface area contributed by atoms with E-state index in [1.54, 1.807) is 12.3 Å². The Hall–Kier alpha value is -1.88. The molecule has 0 aromatic carbocycles. The third-order valence-corrected chi connectivity index (χ3v) is 2.29. The average Bonchev–Trinajstić information content (AvgIpc) is 2.76. The van der Waals surface area contributed by atoms with Crippen molar-refractivity contribution in [2.24, 2.45) is 0 Å². The van der Waals surface area contributed by atoms with Crippen LogP contribution in [0.4, 0.5) is 5.69 Å². The van der Waals surface area contributed by atoms with Gasteiger partial charge < -0.3 is 5.32 Å². The quantitative estimate of drug-likeness (QED) is 0.784. The summed E-state index contributed by atoms with van der Waals surface area (Å²) < 4.78 is 0. The summed E-state index contributed by atoms with van der Waals surface area (Å²) >= 11 is 5.85. The van der Waals surface area contributed by atoms with Gasteiger partial charge in [0.25, 0.3) is 5.91 Å². The van der Waals surface area contributed by atoms with Crippen LogP contribution in [-0.2, 0) is 0 Å². The summed E-state index contributed by atoms with van der Waals surface area (Å²) in [6, 6.07) is 1.76. The van der Waals surface area contributed by atoms with Gasteiger partial charge in [0.2, 0.25) is 0 Å². The maximum atomic E-state index is 11.7. The van der Waals surface area contributed by atoms with Crippen molar-refractivity contribution < 1.29 is 4.79 Å². The van der Waals surface area contributed by atoms with Gasteiger partial charge in [0.1, 0.15) is 0 Å². The molecule has 82 valence electrons. The highest BCUT2D eigenvalue weighted by Crippen LogP contribution is 2.20. The van der Waals surface area contributed by atoms with Gasteiger partial charge in [-0.15, -0.1) is 0 Å². The lowest BCUT2D eigenvalue weighted by Gasteiger charge is -2.05. The molecule has 5 nitrogen and oxygen atoms in total. The molecule has 0 saturated carbocycles. The van der Waals surface area contributed by atoms with E-state index in [0.717, 1.165) is 5.56 Å². The number of aryl methyl sites for hydroxylation is 1. The van der Waals surface area contributed by atoms with E-state index in [-0.39, 0.29) is 11.1 Å². The Labute approximate surface area is 96.8 Å². The van der Waals surface area contributed by atoms with Crippen molar-refractivity contribution in [3.63, 3.8) is 0 Å². The summed E-state index contributed by atoms with van der Waals surface area (Å²) in [6.45, 7) is 1.87. The number of pyridine rings is 1. The Morgan fingerprint density at radius 2 is 2.31 bits per heavy atom. The zero-order valence-corrected chi connectivity index (χ0v) is 9.25. The Kier molecular flexibility index (Phi) is 2.87. The molecular formula is C10H9ClN4O. The molecule has 2 rings (SSSR count). The van der Waals surface area contributed by atoms with Crippen LogP contribution >= 0.6 is 11.6 Å². The molecule has 0 fully saturated rings. The molecule has 0 aliphatic rings. The molecule has 16 heavy (non-hydrogen) atoms. The number of halogens is 1. The highest BCUT2D eigenvalue weighted by Gasteiger charge is 2.09. The van der Waals surface area contributed by atoms with Gasteiger partial charge >= 0.3 is 0 Å². The molecule has 2 aromatic rings. The fourth-order valence-corrected chi connectivity index (χ4v) is 1.36. The number of aromatic nitrogens is 3. The molecule has 0 saturated heterocycles. The molecule has 2 heterocycles. The summed E-state index contributed by atoms with van der Waals surface area (Å²) in [5.74, 6) is -0.275. The van der Waals surface area contributed by atoms with Crippen LogP contribution in [-0.4, -0.2) is 21.1 Å². The van der Waals surface area contributed by atoms with Gasteiger partial charge in [-0.2, -0.15) is 5.10 Å². The monoisotopic (exact) mass is 236 g/mol. The molecule has 6 heteroatoms. The lowest BCUT2D eigenvalue weighted by atomic mass is 10.3. The summed E-state index contributed by atoms with van der Waals surface area (Å²) in [7, 11) is 0. The molecule has 0 aliphatic carbocycles. The zero-order chi connectivity index (χ0) is 11.5. The van der Waals surface area contributed by atoms with Gasteiger partial charge in [0.15, 0.2) is 5.15 Å². The lowest BCUT2D eigenvalue weighted by Crippen LogP contribution is -2.11. The summed E-state index contributed by atoms with van der Waals surface area (Å²) in [6.07, 6.45) is 4.58. The molecule has 2 N–H and O–H groups in total. The van der Waals surface area contributed by atoms with Crippen LogP contribution in [0.15, 0.2) is 24.7 Å². The molecule has 0 unspecified atom stereocenters. The van der Waals surface area contributed by atoms with Gasteiger partial charge in [0.05, 0.1) is 17.4 Å². The fraction of sp³-hybridized carbons (Fsp3) is 0.100. The van der Waals surface area contributed by atoms with E-state index in [1.807, 2.05) is 6.92 Å². The molecule has 0 radical (unpaired) electrons. The number of carbonyl (C=O) groups excluding carboxylic acids is 1. The van der Waals surface area contributed by atoms with Crippen LogP contribution in [0.5, 0.6) is 0 Å². The lowest BCUT2D eigenvalue weighted by molar-refractivity contribution is 0.102. The molecule has 0 bridgehead atoms. The van der Waals surface area contributed by atoms with Crippen LogP contribution < -0.4 is 5.32 Å². The number of hydrogen-bond donors (Lipinski definition) is 2. The Morgan fingerprint density at radius 3 is 3.00 bits per heavy atom. The van der Waals surface area contributed by atoms with Crippen molar-refractivity contribution in [3.8, 4) is 0 Å². The minimum atomic E-state index is -0.275. The van der Waals surface area contributed by atoms with Crippen LogP contribution in [0, 0.1) is 6.92 Å². The zero-order valence-electron chi connectivity index (χ0n) is 8.49. The predicted octanol–water partition coefficient (Wildman–Crippen LogP) is 2.02. The number of H-pyrrole nitrogens is 1. The summed E-state index contributed by atoms with van der Waals surface area (Å²) in [5.41, 5.74) is 1.86. The number of nitrogens with one attached hydrogen (secondary N) is 2. The third-order valence-electron chi connectivity index (χ3n) is 1.98. The SMILES string of the molecule is Cc1cnc(Cl)c(NC(=O)c2cn[nH]c2)c1. The second kappa shape index (κ2) is 4.32. The number of anilines is 1. The first-order valence-corrected chi connectivity index (χ1v) is 4.97. The normalized spacial score (nSPS) is 10.1. The Morgan fingerprint density at radius 1 is 1.50 bits per heavy atom. The highest BCUT2D eigenvalue weighted by atomic mass is 35.5. The van der Waals surface area contributed by atoms with Crippen molar-refractivity contribution >= 4 is 23.2 Å². The molecular weight excluding hydrogens is 228 g/mol. The van der Waals surface area contributed by atoms with Gasteiger partial charge in [-0.3, -0.25) is 9.89 Å². The first kappa shape index (κ1) is 10.6. The Balaban J connectivity index is 2.21. The predicted molar refractivity (Wildman–Crippen MR) is 60.5 cm³/mol. The molecule has 1 amide bonds. The van der Waals surface area contributed by atoms with E-state index in [0.29, 0.717) is 11.3 Å². The van der Waals surface area contributed by atoms with Gasteiger partial charge in [-0.1, -0.05) is 11.6 Å². The maximum Gasteiger partial charge on any atom is 0.258 e. The summed E-state index contributed by atoms with van der Waals surface area (Å²) in [4.78, 5) is 15.6. The maximum absolute atomic E-state index is 11.7. The topological polar surface area (TPSA) is 70.7 Å². The molecule has 0 spiro atoms. The van der Waals surface area contributed by atoms with E-state index in [4.69, 9.17) is 11.6 Å².